The van der Waals surface area contributed by atoms with E-state index in [1.54, 1.807) is 6.07 Å². The van der Waals surface area contributed by atoms with Crippen LogP contribution in [0.1, 0.15) is 27.1 Å². The molecule has 3 rings (SSSR count). The Bertz CT molecular complexity index is 648. The minimum Gasteiger partial charge on any atom is -0.166 e. The van der Waals surface area contributed by atoms with E-state index >= 15 is 0 Å². The van der Waals surface area contributed by atoms with Crippen molar-refractivity contribution in [2.45, 2.75) is 23.8 Å². The van der Waals surface area contributed by atoms with Crippen molar-refractivity contribution in [3.63, 3.8) is 0 Å². The molecular weight excluding hydrogens is 341 g/mol. The minimum atomic E-state index is -4.28. The molecule has 0 amide bonds. The van der Waals surface area contributed by atoms with Gasteiger partial charge in [0.05, 0.1) is 5.56 Å². The smallest absolute Gasteiger partial charge is 0.166 e. The van der Waals surface area contributed by atoms with E-state index in [1.165, 1.54) is 23.3 Å². The topological polar surface area (TPSA) is 0 Å². The molecule has 0 spiro atoms. The molecule has 0 N–H and O–H groups in total. The number of benzene rings is 2. The SMILES string of the molecule is FC(F)(F)c1cccc(CC2Cc3ccccc3C2Br)c1. The molecule has 2 atom stereocenters. The van der Waals surface area contributed by atoms with E-state index < -0.39 is 11.7 Å². The van der Waals surface area contributed by atoms with Gasteiger partial charge >= 0.3 is 6.18 Å². The highest BCUT2D eigenvalue weighted by molar-refractivity contribution is 9.09. The van der Waals surface area contributed by atoms with Crippen LogP contribution in [0.5, 0.6) is 0 Å². The molecule has 0 aromatic heterocycles. The van der Waals surface area contributed by atoms with E-state index in [-0.39, 0.29) is 4.83 Å². The van der Waals surface area contributed by atoms with Gasteiger partial charge in [0, 0.05) is 4.83 Å². The summed E-state index contributed by atoms with van der Waals surface area (Å²) in [4.78, 5) is 0.211. The van der Waals surface area contributed by atoms with Crippen molar-refractivity contribution < 1.29 is 13.2 Å². The maximum absolute atomic E-state index is 12.8. The summed E-state index contributed by atoms with van der Waals surface area (Å²) < 4.78 is 38.3. The summed E-state index contributed by atoms with van der Waals surface area (Å²) in [5.41, 5.74) is 2.72. The van der Waals surface area contributed by atoms with Crippen LogP contribution in [0.15, 0.2) is 48.5 Å². The van der Waals surface area contributed by atoms with Gasteiger partial charge < -0.3 is 0 Å². The Morgan fingerprint density at radius 2 is 1.81 bits per heavy atom. The molecule has 2 aromatic rings. The lowest BCUT2D eigenvalue weighted by Crippen LogP contribution is -2.09. The molecular formula is C17H14BrF3. The zero-order valence-electron chi connectivity index (χ0n) is 11.2. The molecule has 0 bridgehead atoms. The van der Waals surface area contributed by atoms with Crippen LogP contribution >= 0.6 is 15.9 Å². The molecule has 0 saturated heterocycles. The monoisotopic (exact) mass is 354 g/mol. The van der Waals surface area contributed by atoms with Gasteiger partial charge in [-0.2, -0.15) is 13.2 Å². The summed E-state index contributed by atoms with van der Waals surface area (Å²) in [6.07, 6.45) is -2.72. The van der Waals surface area contributed by atoms with Gasteiger partial charge in [-0.1, -0.05) is 58.4 Å². The molecule has 4 heteroatoms. The Balaban J connectivity index is 1.80. The fourth-order valence-electron chi connectivity index (χ4n) is 2.98. The predicted molar refractivity (Wildman–Crippen MR) is 80.5 cm³/mol. The normalized spacial score (nSPS) is 21.3. The maximum Gasteiger partial charge on any atom is 0.416 e. The Labute approximate surface area is 130 Å². The summed E-state index contributed by atoms with van der Waals surface area (Å²) in [5.74, 6) is 0.297. The lowest BCUT2D eigenvalue weighted by atomic mass is 9.95. The molecule has 0 heterocycles. The van der Waals surface area contributed by atoms with Gasteiger partial charge in [-0.25, -0.2) is 0 Å². The second-order valence-electron chi connectivity index (χ2n) is 5.47. The Kier molecular flexibility index (Phi) is 3.82. The van der Waals surface area contributed by atoms with Crippen LogP contribution in [-0.2, 0) is 19.0 Å². The molecule has 0 radical (unpaired) electrons. The molecule has 21 heavy (non-hydrogen) atoms. The number of halogens is 4. The summed E-state index contributed by atoms with van der Waals surface area (Å²) in [6, 6.07) is 13.8. The average molecular weight is 355 g/mol. The first-order valence-corrected chi connectivity index (χ1v) is 7.75. The molecule has 1 aliphatic carbocycles. The Morgan fingerprint density at radius 3 is 2.52 bits per heavy atom. The third-order valence-electron chi connectivity index (χ3n) is 4.00. The number of fused-ring (bicyclic) bond motifs is 1. The fourth-order valence-corrected chi connectivity index (χ4v) is 3.80. The molecule has 2 unspecified atom stereocenters. The van der Waals surface area contributed by atoms with Crippen LogP contribution in [0, 0.1) is 5.92 Å². The zero-order valence-corrected chi connectivity index (χ0v) is 12.8. The third kappa shape index (κ3) is 3.00. The van der Waals surface area contributed by atoms with Gasteiger partial charge in [-0.05, 0) is 41.5 Å². The second-order valence-corrected chi connectivity index (χ2v) is 6.45. The van der Waals surface area contributed by atoms with Gasteiger partial charge in [0.1, 0.15) is 0 Å². The van der Waals surface area contributed by atoms with Gasteiger partial charge in [0.2, 0.25) is 0 Å². The molecule has 1 aliphatic rings. The van der Waals surface area contributed by atoms with Crippen LogP contribution in [0.2, 0.25) is 0 Å². The van der Waals surface area contributed by atoms with Crippen molar-refractivity contribution in [1.82, 2.24) is 0 Å². The molecule has 0 saturated carbocycles. The van der Waals surface area contributed by atoms with Crippen molar-refractivity contribution in [2.24, 2.45) is 5.92 Å². The third-order valence-corrected chi connectivity index (χ3v) is 5.24. The van der Waals surface area contributed by atoms with E-state index in [9.17, 15) is 13.2 Å². The average Bonchev–Trinajstić information content (AvgIpc) is 2.75. The molecule has 2 aromatic carbocycles. The first-order valence-electron chi connectivity index (χ1n) is 6.83. The molecule has 110 valence electrons. The van der Waals surface area contributed by atoms with Gasteiger partial charge in [-0.15, -0.1) is 0 Å². The number of rotatable bonds is 2. The van der Waals surface area contributed by atoms with E-state index in [0.717, 1.165) is 18.1 Å². The minimum absolute atomic E-state index is 0.211. The van der Waals surface area contributed by atoms with Crippen molar-refractivity contribution in [2.75, 3.05) is 0 Å². The first-order chi connectivity index (χ1) is 9.95. The van der Waals surface area contributed by atoms with Gasteiger partial charge in [0.25, 0.3) is 0 Å². The number of hydrogen-bond donors (Lipinski definition) is 0. The standard InChI is InChI=1S/C17H14BrF3/c18-16-13(10-12-5-1-2-7-15(12)16)8-11-4-3-6-14(9-11)17(19,20)21/h1-7,9,13,16H,8,10H2. The Morgan fingerprint density at radius 1 is 1.05 bits per heavy atom. The molecule has 0 nitrogen and oxygen atoms in total. The van der Waals surface area contributed by atoms with Gasteiger partial charge in [0.15, 0.2) is 0 Å². The van der Waals surface area contributed by atoms with Gasteiger partial charge in [-0.3, -0.25) is 0 Å². The lowest BCUT2D eigenvalue weighted by molar-refractivity contribution is -0.137. The number of alkyl halides is 4. The van der Waals surface area contributed by atoms with Crippen LogP contribution in [0.25, 0.3) is 0 Å². The zero-order chi connectivity index (χ0) is 15.0. The van der Waals surface area contributed by atoms with Crippen LogP contribution in [0.4, 0.5) is 13.2 Å². The van der Waals surface area contributed by atoms with Crippen molar-refractivity contribution >= 4 is 15.9 Å². The van der Waals surface area contributed by atoms with Crippen LogP contribution < -0.4 is 0 Å². The summed E-state index contributed by atoms with van der Waals surface area (Å²) in [6.45, 7) is 0. The van der Waals surface area contributed by atoms with E-state index in [2.05, 4.69) is 28.1 Å². The van der Waals surface area contributed by atoms with Crippen molar-refractivity contribution in [1.29, 1.82) is 0 Å². The predicted octanol–water partition coefficient (Wildman–Crippen LogP) is 5.56. The second kappa shape index (κ2) is 5.48. The summed E-state index contributed by atoms with van der Waals surface area (Å²) in [5, 5.41) is 0. The van der Waals surface area contributed by atoms with Crippen LogP contribution in [-0.4, -0.2) is 0 Å². The highest BCUT2D eigenvalue weighted by atomic mass is 79.9. The molecule has 0 aliphatic heterocycles. The van der Waals surface area contributed by atoms with E-state index in [0.29, 0.717) is 12.3 Å². The van der Waals surface area contributed by atoms with E-state index in [4.69, 9.17) is 0 Å². The summed E-state index contributed by atoms with van der Waals surface area (Å²) >= 11 is 3.70. The van der Waals surface area contributed by atoms with Crippen LogP contribution in [0.3, 0.4) is 0 Å². The quantitative estimate of drug-likeness (QED) is 0.619. The summed E-state index contributed by atoms with van der Waals surface area (Å²) in [7, 11) is 0. The van der Waals surface area contributed by atoms with E-state index in [1.807, 2.05) is 12.1 Å². The number of hydrogen-bond acceptors (Lipinski definition) is 0. The largest absolute Gasteiger partial charge is 0.416 e. The lowest BCUT2D eigenvalue weighted by Gasteiger charge is -2.16. The first kappa shape index (κ1) is 14.6. The molecule has 0 fully saturated rings. The maximum atomic E-state index is 12.8. The fraction of sp³-hybridized carbons (Fsp3) is 0.294. The highest BCUT2D eigenvalue weighted by Gasteiger charge is 2.32. The Hall–Kier alpha value is -1.29. The van der Waals surface area contributed by atoms with Crippen molar-refractivity contribution in [3.8, 4) is 0 Å². The van der Waals surface area contributed by atoms with Crippen molar-refractivity contribution in [3.05, 3.63) is 70.8 Å². The highest BCUT2D eigenvalue weighted by Crippen LogP contribution is 2.43.